The fourth-order valence-corrected chi connectivity index (χ4v) is 5.58. The first-order chi connectivity index (χ1) is 16.7. The number of benzene rings is 1. The van der Waals surface area contributed by atoms with E-state index in [1.165, 1.54) is 19.3 Å². The number of Topliss-reactive ketones (excluding diaryl/α,β-unsaturated/α-hetero) is 1. The highest BCUT2D eigenvalue weighted by molar-refractivity contribution is 5.92. The number of hydrogen-bond donors (Lipinski definition) is 1. The van der Waals surface area contributed by atoms with Gasteiger partial charge < -0.3 is 14.5 Å². The molecule has 2 aromatic rings. The highest BCUT2D eigenvalue weighted by Crippen LogP contribution is 2.40. The zero-order chi connectivity index (χ0) is 25.2. The van der Waals surface area contributed by atoms with E-state index in [0.717, 1.165) is 24.8 Å². The largest absolute Gasteiger partial charge is 0.460 e. The first-order valence-corrected chi connectivity index (χ1v) is 12.8. The lowest BCUT2D eigenvalue weighted by molar-refractivity contribution is -0.124. The molecule has 0 bridgehead atoms. The Bertz CT molecular complexity index is 1080. The van der Waals surface area contributed by atoms with Crippen molar-refractivity contribution >= 4 is 28.9 Å². The topological polar surface area (TPSA) is 102 Å². The molecule has 8 nitrogen and oxygen atoms in total. The molecule has 1 aromatic carbocycles. The molecule has 2 fully saturated rings. The zero-order valence-corrected chi connectivity index (χ0v) is 21.3. The Morgan fingerprint density at radius 1 is 1.11 bits per heavy atom. The summed E-state index contributed by atoms with van der Waals surface area (Å²) in [4.78, 5) is 47.7. The lowest BCUT2D eigenvalue weighted by Crippen LogP contribution is -2.47. The summed E-state index contributed by atoms with van der Waals surface area (Å²) in [5.74, 6) is 0.313. The number of hydrogen-bond acceptors (Lipinski definition) is 6. The van der Waals surface area contributed by atoms with E-state index >= 15 is 0 Å². The highest BCUT2D eigenvalue weighted by atomic mass is 16.6. The highest BCUT2D eigenvalue weighted by Gasteiger charge is 2.46. The van der Waals surface area contributed by atoms with Crippen LogP contribution in [0.4, 0.5) is 4.79 Å². The SMILES string of the molecule is CCOC(=O)c1nc2ccc(CC(=O)[C@@H]3[C@H](C4CCCCC4)CCN3C(=O)OC(C)(C)C)cc2[nH]1. The molecule has 1 aliphatic heterocycles. The second-order valence-corrected chi connectivity index (χ2v) is 10.8. The van der Waals surface area contributed by atoms with Gasteiger partial charge in [0.25, 0.3) is 0 Å². The van der Waals surface area contributed by atoms with Crippen LogP contribution in [0.25, 0.3) is 11.0 Å². The van der Waals surface area contributed by atoms with Crippen LogP contribution in [0.2, 0.25) is 0 Å². The molecule has 8 heteroatoms. The number of H-pyrrole nitrogens is 1. The number of esters is 1. The van der Waals surface area contributed by atoms with Crippen molar-refractivity contribution < 1.29 is 23.9 Å². The minimum atomic E-state index is -0.615. The number of carbonyl (C=O) groups excluding carboxylic acids is 3. The van der Waals surface area contributed by atoms with E-state index in [0.29, 0.717) is 23.5 Å². The van der Waals surface area contributed by atoms with Gasteiger partial charge in [0, 0.05) is 13.0 Å². The summed E-state index contributed by atoms with van der Waals surface area (Å²) >= 11 is 0. The van der Waals surface area contributed by atoms with Gasteiger partial charge in [0.05, 0.1) is 23.7 Å². The number of aromatic nitrogens is 2. The molecule has 2 atom stereocenters. The maximum absolute atomic E-state index is 13.7. The van der Waals surface area contributed by atoms with Gasteiger partial charge in [0.1, 0.15) is 5.60 Å². The summed E-state index contributed by atoms with van der Waals surface area (Å²) in [5.41, 5.74) is 1.52. The molecule has 1 aliphatic carbocycles. The maximum Gasteiger partial charge on any atom is 0.410 e. The fraction of sp³-hybridized carbons (Fsp3) is 0.630. The number of ether oxygens (including phenoxy) is 2. The fourth-order valence-electron chi connectivity index (χ4n) is 5.58. The molecule has 0 unspecified atom stereocenters. The number of nitrogens with one attached hydrogen (secondary N) is 1. The molecule has 0 spiro atoms. The molecule has 1 amide bonds. The van der Waals surface area contributed by atoms with E-state index in [9.17, 15) is 14.4 Å². The van der Waals surface area contributed by atoms with E-state index in [4.69, 9.17) is 9.47 Å². The van der Waals surface area contributed by atoms with Gasteiger partial charge in [-0.25, -0.2) is 14.6 Å². The molecular formula is C27H37N3O5. The van der Waals surface area contributed by atoms with Gasteiger partial charge in [-0.15, -0.1) is 0 Å². The summed E-state index contributed by atoms with van der Waals surface area (Å²) < 4.78 is 10.7. The second-order valence-electron chi connectivity index (χ2n) is 10.8. The van der Waals surface area contributed by atoms with Crippen LogP contribution in [-0.2, 0) is 20.7 Å². The number of amides is 1. The molecule has 1 aromatic heterocycles. The van der Waals surface area contributed by atoms with E-state index in [1.54, 1.807) is 17.9 Å². The van der Waals surface area contributed by atoms with Crippen LogP contribution in [0.5, 0.6) is 0 Å². The number of likely N-dealkylation sites (tertiary alicyclic amines) is 1. The van der Waals surface area contributed by atoms with Crippen molar-refractivity contribution in [1.29, 1.82) is 0 Å². The third kappa shape index (κ3) is 5.85. The smallest absolute Gasteiger partial charge is 0.410 e. The Morgan fingerprint density at radius 2 is 1.86 bits per heavy atom. The third-order valence-corrected chi connectivity index (χ3v) is 7.05. The van der Waals surface area contributed by atoms with E-state index in [-0.39, 0.29) is 30.6 Å². The van der Waals surface area contributed by atoms with Crippen LogP contribution in [0.1, 0.15) is 82.4 Å². The van der Waals surface area contributed by atoms with Gasteiger partial charge in [0.15, 0.2) is 5.78 Å². The first kappa shape index (κ1) is 25.2. The Balaban J connectivity index is 1.55. The van der Waals surface area contributed by atoms with Crippen molar-refractivity contribution in [2.45, 2.75) is 84.3 Å². The minimum Gasteiger partial charge on any atom is -0.460 e. The van der Waals surface area contributed by atoms with Crippen molar-refractivity contribution in [3.8, 4) is 0 Å². The molecule has 4 rings (SSSR count). The van der Waals surface area contributed by atoms with Crippen LogP contribution in [0.15, 0.2) is 18.2 Å². The van der Waals surface area contributed by atoms with E-state index < -0.39 is 23.7 Å². The summed E-state index contributed by atoms with van der Waals surface area (Å²) in [6.07, 6.45) is 6.50. The summed E-state index contributed by atoms with van der Waals surface area (Å²) in [6.45, 7) is 8.11. The monoisotopic (exact) mass is 483 g/mol. The minimum absolute atomic E-state index is 0.0356. The number of rotatable bonds is 6. The second kappa shape index (κ2) is 10.4. The van der Waals surface area contributed by atoms with Gasteiger partial charge in [-0.1, -0.05) is 38.2 Å². The summed E-state index contributed by atoms with van der Waals surface area (Å²) in [6, 6.07) is 5.04. The van der Waals surface area contributed by atoms with Crippen LogP contribution in [0, 0.1) is 11.8 Å². The summed E-state index contributed by atoms with van der Waals surface area (Å²) in [7, 11) is 0. The van der Waals surface area contributed by atoms with E-state index in [1.807, 2.05) is 32.9 Å². The number of aromatic amines is 1. The number of nitrogens with zero attached hydrogens (tertiary/aromatic N) is 2. The average Bonchev–Trinajstić information content (AvgIpc) is 3.43. The Labute approximate surface area is 206 Å². The van der Waals surface area contributed by atoms with Crippen LogP contribution < -0.4 is 0 Å². The number of fused-ring (bicyclic) bond motifs is 1. The average molecular weight is 484 g/mol. The standard InChI is InChI=1S/C27H37N3O5/c1-5-34-25(32)24-28-20-12-11-17(15-21(20)29-24)16-22(31)23-19(18-9-7-6-8-10-18)13-14-30(23)26(33)35-27(2,3)4/h11-12,15,18-19,23H,5-10,13-14,16H2,1-4H3,(H,28,29)/t19-,23-/m0/s1. The molecular weight excluding hydrogens is 446 g/mol. The molecule has 190 valence electrons. The first-order valence-electron chi connectivity index (χ1n) is 12.8. The Hall–Kier alpha value is -2.90. The Kier molecular flexibility index (Phi) is 7.47. The predicted octanol–water partition coefficient (Wildman–Crippen LogP) is 5.06. The molecule has 1 N–H and O–H groups in total. The van der Waals surface area contributed by atoms with Crippen molar-refractivity contribution in [1.82, 2.24) is 14.9 Å². The van der Waals surface area contributed by atoms with Gasteiger partial charge in [-0.05, 0) is 63.6 Å². The normalized spacial score (nSPS) is 21.3. The Morgan fingerprint density at radius 3 is 2.54 bits per heavy atom. The van der Waals surface area contributed by atoms with Crippen molar-refractivity contribution in [3.05, 3.63) is 29.6 Å². The lowest BCUT2D eigenvalue weighted by Gasteiger charge is -2.34. The van der Waals surface area contributed by atoms with Gasteiger partial charge in [-0.3, -0.25) is 9.69 Å². The number of carbonyl (C=O) groups is 3. The van der Waals surface area contributed by atoms with Crippen LogP contribution in [-0.4, -0.2) is 57.5 Å². The van der Waals surface area contributed by atoms with Crippen molar-refractivity contribution in [3.63, 3.8) is 0 Å². The molecule has 1 saturated heterocycles. The molecule has 2 aliphatic rings. The van der Waals surface area contributed by atoms with Crippen molar-refractivity contribution in [2.24, 2.45) is 11.8 Å². The maximum atomic E-state index is 13.7. The predicted molar refractivity (Wildman–Crippen MR) is 132 cm³/mol. The third-order valence-electron chi connectivity index (χ3n) is 7.05. The van der Waals surface area contributed by atoms with E-state index in [2.05, 4.69) is 9.97 Å². The molecule has 35 heavy (non-hydrogen) atoms. The van der Waals surface area contributed by atoms with Crippen molar-refractivity contribution in [2.75, 3.05) is 13.2 Å². The zero-order valence-electron chi connectivity index (χ0n) is 21.3. The number of imidazole rings is 1. The van der Waals surface area contributed by atoms with Gasteiger partial charge in [-0.2, -0.15) is 0 Å². The molecule has 1 saturated carbocycles. The lowest BCUT2D eigenvalue weighted by atomic mass is 9.75. The summed E-state index contributed by atoms with van der Waals surface area (Å²) in [5, 5.41) is 0. The van der Waals surface area contributed by atoms with Crippen LogP contribution in [0.3, 0.4) is 0 Å². The van der Waals surface area contributed by atoms with Gasteiger partial charge >= 0.3 is 12.1 Å². The molecule has 0 radical (unpaired) electrons. The molecule has 2 heterocycles. The number of ketones is 1. The quantitative estimate of drug-likeness (QED) is 0.577. The van der Waals surface area contributed by atoms with Gasteiger partial charge in [0.2, 0.25) is 5.82 Å². The van der Waals surface area contributed by atoms with Crippen LogP contribution >= 0.6 is 0 Å².